The molecule has 1 aromatic rings. The van der Waals surface area contributed by atoms with E-state index in [2.05, 4.69) is 20.8 Å². The molecule has 0 N–H and O–H groups in total. The Kier molecular flexibility index (Phi) is 4.12. The van der Waals surface area contributed by atoms with Gasteiger partial charge >= 0.3 is 0 Å². The van der Waals surface area contributed by atoms with E-state index < -0.39 is 8.46 Å². The van der Waals surface area contributed by atoms with Crippen molar-refractivity contribution in [1.29, 1.82) is 0 Å². The molecule has 2 heteroatoms. The maximum absolute atomic E-state index is 10.2. The van der Waals surface area contributed by atoms with Gasteiger partial charge in [0.25, 0.3) is 0 Å². The van der Waals surface area contributed by atoms with E-state index in [-0.39, 0.29) is 0 Å². The van der Waals surface area contributed by atoms with Gasteiger partial charge in [0.1, 0.15) is 0 Å². The average Bonchev–Trinajstić information content (AvgIpc) is 2.40. The number of fused-ring (bicyclic) bond motifs is 2. The van der Waals surface area contributed by atoms with Gasteiger partial charge < -0.3 is 4.57 Å². The fraction of sp³-hybridized carbons (Fsp3) is 0.500. The van der Waals surface area contributed by atoms with Gasteiger partial charge in [-0.25, -0.2) is 0 Å². The molecule has 0 saturated heterocycles. The Morgan fingerprint density at radius 2 is 1.89 bits per heavy atom. The van der Waals surface area contributed by atoms with Crippen LogP contribution in [0.25, 0.3) is 0 Å². The maximum atomic E-state index is 10.2. The SMILES string of the molecule is CC1=C2CC(CC1)C2(C)C.O=[PH2]c1ccccc1. The Morgan fingerprint density at radius 3 is 2.22 bits per heavy atom. The van der Waals surface area contributed by atoms with Crippen molar-refractivity contribution in [2.24, 2.45) is 11.3 Å². The molecule has 3 aliphatic rings. The monoisotopic (exact) mass is 262 g/mol. The molecule has 2 unspecified atom stereocenters. The van der Waals surface area contributed by atoms with Gasteiger partial charge in [-0.1, -0.05) is 55.3 Å². The third-order valence-corrected chi connectivity index (χ3v) is 5.22. The summed E-state index contributed by atoms with van der Waals surface area (Å²) in [4.78, 5) is 0. The molecule has 3 aliphatic carbocycles. The van der Waals surface area contributed by atoms with Crippen molar-refractivity contribution < 1.29 is 4.57 Å². The van der Waals surface area contributed by atoms with Crippen LogP contribution in [0.5, 0.6) is 0 Å². The van der Waals surface area contributed by atoms with Crippen LogP contribution < -0.4 is 5.30 Å². The smallest absolute Gasteiger partial charge is 0.0921 e. The van der Waals surface area contributed by atoms with Crippen LogP contribution in [-0.4, -0.2) is 0 Å². The molecule has 1 fully saturated rings. The fourth-order valence-corrected chi connectivity index (χ4v) is 3.52. The van der Waals surface area contributed by atoms with Crippen LogP contribution in [0, 0.1) is 11.3 Å². The van der Waals surface area contributed by atoms with E-state index in [1.165, 1.54) is 19.3 Å². The summed E-state index contributed by atoms with van der Waals surface area (Å²) in [6, 6.07) is 9.42. The first-order valence-corrected chi connectivity index (χ1v) is 7.80. The van der Waals surface area contributed by atoms with Gasteiger partial charge in [-0.3, -0.25) is 0 Å². The van der Waals surface area contributed by atoms with Crippen molar-refractivity contribution in [1.82, 2.24) is 0 Å². The lowest BCUT2D eigenvalue weighted by atomic mass is 9.52. The Hall–Kier alpha value is -0.810. The highest BCUT2D eigenvalue weighted by molar-refractivity contribution is 7.34. The van der Waals surface area contributed by atoms with E-state index >= 15 is 0 Å². The minimum absolute atomic E-state index is 0.586. The maximum Gasteiger partial charge on any atom is 0.0921 e. The lowest BCUT2D eigenvalue weighted by Gasteiger charge is -2.52. The van der Waals surface area contributed by atoms with Crippen molar-refractivity contribution >= 4 is 13.8 Å². The van der Waals surface area contributed by atoms with Gasteiger partial charge in [-0.2, -0.15) is 0 Å². The van der Waals surface area contributed by atoms with E-state index in [1.807, 2.05) is 30.3 Å². The quantitative estimate of drug-likeness (QED) is 0.547. The highest BCUT2D eigenvalue weighted by atomic mass is 31.1. The molecular weight excluding hydrogens is 239 g/mol. The van der Waals surface area contributed by atoms with Crippen molar-refractivity contribution in [3.8, 4) is 0 Å². The zero-order valence-corrected chi connectivity index (χ0v) is 12.7. The van der Waals surface area contributed by atoms with E-state index in [1.54, 1.807) is 11.1 Å². The molecule has 1 aromatic carbocycles. The molecule has 98 valence electrons. The molecule has 0 aliphatic heterocycles. The standard InChI is InChI=1S/C10H16.C6H7OP/c1-7-4-5-8-6-9(7)10(8,2)3;7-8-6-4-2-1-3-5-6/h8H,4-6H2,1-3H3;1-5H,8H2. The summed E-state index contributed by atoms with van der Waals surface area (Å²) in [5.41, 5.74) is 4.04. The predicted octanol–water partition coefficient (Wildman–Crippen LogP) is 4.21. The third kappa shape index (κ3) is 2.62. The Labute approximate surface area is 112 Å². The lowest BCUT2D eigenvalue weighted by molar-refractivity contribution is 0.133. The number of benzene rings is 1. The van der Waals surface area contributed by atoms with Crippen molar-refractivity contribution in [2.45, 2.75) is 40.0 Å². The molecule has 1 nitrogen and oxygen atoms in total. The summed E-state index contributed by atoms with van der Waals surface area (Å²) in [6.07, 6.45) is 4.24. The minimum Gasteiger partial charge on any atom is -0.325 e. The summed E-state index contributed by atoms with van der Waals surface area (Å²) in [5, 5.41) is 0.938. The Morgan fingerprint density at radius 1 is 1.22 bits per heavy atom. The van der Waals surface area contributed by atoms with Gasteiger partial charge in [0.2, 0.25) is 0 Å². The largest absolute Gasteiger partial charge is 0.325 e. The number of rotatable bonds is 1. The van der Waals surface area contributed by atoms with Crippen molar-refractivity contribution in [3.05, 3.63) is 41.5 Å². The summed E-state index contributed by atoms with van der Waals surface area (Å²) >= 11 is 0. The normalized spacial score (nSPS) is 24.5. The molecule has 0 heterocycles. The van der Waals surface area contributed by atoms with Crippen LogP contribution in [-0.2, 0) is 4.57 Å². The number of hydrogen-bond donors (Lipinski definition) is 0. The zero-order valence-electron chi connectivity index (χ0n) is 11.6. The highest BCUT2D eigenvalue weighted by Gasteiger charge is 2.46. The molecule has 1 saturated carbocycles. The molecule has 4 rings (SSSR count). The lowest BCUT2D eigenvalue weighted by Crippen LogP contribution is -2.41. The van der Waals surface area contributed by atoms with E-state index in [0.29, 0.717) is 5.41 Å². The third-order valence-electron chi connectivity index (χ3n) is 4.57. The van der Waals surface area contributed by atoms with Gasteiger partial charge in [-0.15, -0.1) is 0 Å². The van der Waals surface area contributed by atoms with Gasteiger partial charge in [0, 0.05) is 5.30 Å². The molecular formula is C16H23OP. The van der Waals surface area contributed by atoms with Gasteiger partial charge in [-0.05, 0) is 37.5 Å². The summed E-state index contributed by atoms with van der Waals surface area (Å²) in [7, 11) is -0.739. The summed E-state index contributed by atoms with van der Waals surface area (Å²) in [6.45, 7) is 7.12. The summed E-state index contributed by atoms with van der Waals surface area (Å²) in [5.74, 6) is 1.02. The molecule has 18 heavy (non-hydrogen) atoms. The molecule has 2 bridgehead atoms. The zero-order chi connectivity index (χ0) is 13.2. The predicted molar refractivity (Wildman–Crippen MR) is 80.3 cm³/mol. The highest BCUT2D eigenvalue weighted by Crippen LogP contribution is 2.58. The molecule has 0 amide bonds. The van der Waals surface area contributed by atoms with Crippen LogP contribution in [0.4, 0.5) is 0 Å². The van der Waals surface area contributed by atoms with E-state index in [0.717, 1.165) is 11.2 Å². The van der Waals surface area contributed by atoms with Crippen molar-refractivity contribution in [2.75, 3.05) is 0 Å². The van der Waals surface area contributed by atoms with Gasteiger partial charge in [0.05, 0.1) is 8.46 Å². The van der Waals surface area contributed by atoms with Crippen molar-refractivity contribution in [3.63, 3.8) is 0 Å². The van der Waals surface area contributed by atoms with Crippen LogP contribution in [0.3, 0.4) is 0 Å². The first-order chi connectivity index (χ1) is 8.55. The molecule has 0 radical (unpaired) electrons. The first kappa shape index (κ1) is 13.6. The van der Waals surface area contributed by atoms with Gasteiger partial charge in [0.15, 0.2) is 0 Å². The van der Waals surface area contributed by atoms with E-state index in [9.17, 15) is 4.57 Å². The Balaban J connectivity index is 0.000000138. The van der Waals surface area contributed by atoms with Crippen LogP contribution in [0.1, 0.15) is 40.0 Å². The molecule has 0 spiro atoms. The fourth-order valence-electron chi connectivity index (χ4n) is 3.14. The second-order valence-electron chi connectivity index (χ2n) is 5.95. The summed E-state index contributed by atoms with van der Waals surface area (Å²) < 4.78 is 10.2. The van der Waals surface area contributed by atoms with Crippen LogP contribution in [0.2, 0.25) is 0 Å². The second kappa shape index (κ2) is 5.45. The Bertz CT molecular complexity index is 459. The van der Waals surface area contributed by atoms with Crippen LogP contribution >= 0.6 is 8.46 Å². The molecule has 2 atom stereocenters. The minimum atomic E-state index is -0.739. The topological polar surface area (TPSA) is 17.1 Å². The first-order valence-electron chi connectivity index (χ1n) is 6.75. The average molecular weight is 262 g/mol. The van der Waals surface area contributed by atoms with E-state index in [4.69, 9.17) is 0 Å². The second-order valence-corrected chi connectivity index (χ2v) is 6.85. The van der Waals surface area contributed by atoms with Crippen LogP contribution in [0.15, 0.2) is 41.5 Å². The number of allylic oxidation sites excluding steroid dienone is 2. The molecule has 0 aromatic heterocycles. The number of hydrogen-bond acceptors (Lipinski definition) is 1.